The van der Waals surface area contributed by atoms with Crippen molar-refractivity contribution in [2.45, 2.75) is 89.5 Å². The highest BCUT2D eigenvalue weighted by Crippen LogP contribution is 2.70. The number of rotatable bonds is 1. The third-order valence-electron chi connectivity index (χ3n) is 9.29. The molecule has 0 amide bonds. The number of carbonyl (C=O) groups excluding carboxylic acids is 2. The second-order valence-electron chi connectivity index (χ2n) is 10.0. The molecule has 0 radical (unpaired) electrons. The summed E-state index contributed by atoms with van der Waals surface area (Å²) in [6.07, 6.45) is 2.57. The Morgan fingerprint density at radius 2 is 1.81 bits per heavy atom. The number of alkyl halides is 1. The summed E-state index contributed by atoms with van der Waals surface area (Å²) in [5.74, 6) is -0.558. The molecule has 0 bridgehead atoms. The average Bonchev–Trinajstić information content (AvgIpc) is 2.83. The topological polar surface area (TPSA) is 74.6 Å². The summed E-state index contributed by atoms with van der Waals surface area (Å²) in [4.78, 5) is 24.2. The van der Waals surface area contributed by atoms with Crippen molar-refractivity contribution in [1.82, 2.24) is 0 Å². The van der Waals surface area contributed by atoms with Crippen molar-refractivity contribution in [3.8, 4) is 0 Å². The van der Waals surface area contributed by atoms with Crippen LogP contribution in [0.1, 0.15) is 72.1 Å². The molecule has 4 saturated carbocycles. The van der Waals surface area contributed by atoms with Crippen LogP contribution in [0.2, 0.25) is 0 Å². The highest BCUT2D eigenvalue weighted by Gasteiger charge is 2.74. The predicted molar refractivity (Wildman–Crippen MR) is 94.1 cm³/mol. The third-order valence-corrected chi connectivity index (χ3v) is 9.29. The Morgan fingerprint density at radius 1 is 1.12 bits per heavy atom. The first kappa shape index (κ1) is 18.5. The van der Waals surface area contributed by atoms with Gasteiger partial charge in [0.05, 0.1) is 6.10 Å². The monoisotopic (exact) mass is 366 g/mol. The Bertz CT molecular complexity index is 664. The molecule has 0 saturated heterocycles. The van der Waals surface area contributed by atoms with Gasteiger partial charge in [-0.2, -0.15) is 0 Å². The van der Waals surface area contributed by atoms with Crippen LogP contribution in [-0.2, 0) is 9.59 Å². The van der Waals surface area contributed by atoms with Crippen molar-refractivity contribution in [3.05, 3.63) is 0 Å². The van der Waals surface area contributed by atoms with E-state index in [1.165, 1.54) is 6.92 Å². The van der Waals surface area contributed by atoms with Crippen molar-refractivity contribution < 1.29 is 24.2 Å². The molecule has 0 heterocycles. The molecule has 8 atom stereocenters. The number of carbonyl (C=O) groups is 2. The van der Waals surface area contributed by atoms with Crippen molar-refractivity contribution in [1.29, 1.82) is 0 Å². The van der Waals surface area contributed by atoms with E-state index in [1.54, 1.807) is 0 Å². The summed E-state index contributed by atoms with van der Waals surface area (Å²) >= 11 is 0. The first-order chi connectivity index (χ1) is 12.0. The Labute approximate surface area is 154 Å². The van der Waals surface area contributed by atoms with Gasteiger partial charge in [-0.15, -0.1) is 0 Å². The van der Waals surface area contributed by atoms with E-state index in [-0.39, 0.29) is 35.7 Å². The van der Waals surface area contributed by atoms with Gasteiger partial charge in [0, 0.05) is 23.7 Å². The highest BCUT2D eigenvalue weighted by molar-refractivity contribution is 5.86. The quantitative estimate of drug-likeness (QED) is 0.748. The van der Waals surface area contributed by atoms with Crippen LogP contribution in [0.4, 0.5) is 4.39 Å². The van der Waals surface area contributed by atoms with Gasteiger partial charge >= 0.3 is 0 Å². The summed E-state index contributed by atoms with van der Waals surface area (Å²) in [5, 5.41) is 22.2. The number of ketones is 2. The van der Waals surface area contributed by atoms with Gasteiger partial charge in [-0.1, -0.05) is 13.8 Å². The van der Waals surface area contributed by atoms with Crippen LogP contribution >= 0.6 is 0 Å². The van der Waals surface area contributed by atoms with Gasteiger partial charge in [0.25, 0.3) is 0 Å². The number of aliphatic hydroxyl groups is 2. The Kier molecular flexibility index (Phi) is 3.84. The lowest BCUT2D eigenvalue weighted by Gasteiger charge is -2.65. The summed E-state index contributed by atoms with van der Waals surface area (Å²) in [6.45, 7) is 5.20. The predicted octanol–water partition coefficient (Wildman–Crippen LogP) is 2.98. The van der Waals surface area contributed by atoms with Gasteiger partial charge in [0.1, 0.15) is 17.1 Å². The average molecular weight is 366 g/mol. The van der Waals surface area contributed by atoms with Crippen LogP contribution in [0.15, 0.2) is 0 Å². The lowest BCUT2D eigenvalue weighted by atomic mass is 9.42. The second kappa shape index (κ2) is 5.38. The molecule has 0 aromatic carbocycles. The van der Waals surface area contributed by atoms with Crippen LogP contribution in [0.25, 0.3) is 0 Å². The van der Waals surface area contributed by atoms with Crippen molar-refractivity contribution >= 4 is 11.6 Å². The number of fused-ring (bicyclic) bond motifs is 5. The molecule has 0 aromatic heterocycles. The molecule has 4 nitrogen and oxygen atoms in total. The first-order valence-corrected chi connectivity index (χ1v) is 10.1. The Morgan fingerprint density at radius 3 is 2.46 bits per heavy atom. The van der Waals surface area contributed by atoms with E-state index in [4.69, 9.17) is 0 Å². The van der Waals surface area contributed by atoms with Gasteiger partial charge < -0.3 is 10.2 Å². The van der Waals surface area contributed by atoms with E-state index in [1.807, 2.05) is 13.8 Å². The first-order valence-electron chi connectivity index (χ1n) is 10.1. The number of Topliss-reactive ketones (excluding diaryl/α,β-unsaturated/α-hetero) is 2. The third kappa shape index (κ3) is 1.92. The van der Waals surface area contributed by atoms with Crippen molar-refractivity contribution in [3.63, 3.8) is 0 Å². The summed E-state index contributed by atoms with van der Waals surface area (Å²) in [7, 11) is 0. The lowest BCUT2D eigenvalue weighted by Crippen LogP contribution is -2.70. The largest absolute Gasteiger partial charge is 0.390 e. The molecule has 2 N–H and O–H groups in total. The minimum absolute atomic E-state index is 0.0166. The zero-order chi connectivity index (χ0) is 19.1. The molecule has 146 valence electrons. The Balaban J connectivity index is 1.78. The molecule has 5 heteroatoms. The van der Waals surface area contributed by atoms with Gasteiger partial charge in [-0.05, 0) is 63.2 Å². The van der Waals surface area contributed by atoms with Crippen LogP contribution in [0, 0.1) is 28.6 Å². The van der Waals surface area contributed by atoms with E-state index in [0.29, 0.717) is 38.5 Å². The summed E-state index contributed by atoms with van der Waals surface area (Å²) < 4.78 is 16.8. The smallest absolute Gasteiger partial charge is 0.161 e. The highest BCUT2D eigenvalue weighted by atomic mass is 19.1. The number of halogens is 1. The van der Waals surface area contributed by atoms with Crippen molar-refractivity contribution in [2.75, 3.05) is 0 Å². The number of aliphatic hydroxyl groups excluding tert-OH is 1. The second-order valence-corrected chi connectivity index (χ2v) is 10.0. The van der Waals surface area contributed by atoms with Gasteiger partial charge in [0.15, 0.2) is 5.78 Å². The lowest BCUT2D eigenvalue weighted by molar-refractivity contribution is -0.253. The fourth-order valence-electron chi connectivity index (χ4n) is 7.64. The van der Waals surface area contributed by atoms with E-state index < -0.39 is 28.2 Å². The number of hydrogen-bond donors (Lipinski definition) is 2. The molecule has 4 aliphatic carbocycles. The SMILES string of the molecule is CC(=O)[C@@]1(O)CC[C@H]2[C@@H]3CCC4CC(=O)CC[C@]4(C)[C@@]3(F)C(O)C[C@@]21C. The molecule has 4 rings (SSSR count). The fraction of sp³-hybridized carbons (Fsp3) is 0.905. The summed E-state index contributed by atoms with van der Waals surface area (Å²) in [5.41, 5.74) is -4.71. The Hall–Kier alpha value is -0.810. The van der Waals surface area contributed by atoms with E-state index in [2.05, 4.69) is 0 Å². The number of hydrogen-bond acceptors (Lipinski definition) is 4. The molecular weight excluding hydrogens is 335 g/mol. The maximum absolute atomic E-state index is 16.8. The fourth-order valence-corrected chi connectivity index (χ4v) is 7.64. The normalized spacial score (nSPS) is 56.5. The minimum Gasteiger partial charge on any atom is -0.390 e. The van der Waals surface area contributed by atoms with E-state index in [9.17, 15) is 19.8 Å². The van der Waals surface area contributed by atoms with Crippen LogP contribution < -0.4 is 0 Å². The molecule has 0 aromatic rings. The summed E-state index contributed by atoms with van der Waals surface area (Å²) in [6, 6.07) is 0. The zero-order valence-electron chi connectivity index (χ0n) is 16.1. The van der Waals surface area contributed by atoms with E-state index >= 15 is 4.39 Å². The van der Waals surface area contributed by atoms with Gasteiger partial charge in [-0.25, -0.2) is 4.39 Å². The van der Waals surface area contributed by atoms with E-state index in [0.717, 1.165) is 6.42 Å². The molecule has 0 aliphatic heterocycles. The molecule has 4 aliphatic rings. The van der Waals surface area contributed by atoms with Crippen LogP contribution in [0.5, 0.6) is 0 Å². The van der Waals surface area contributed by atoms with Crippen molar-refractivity contribution in [2.24, 2.45) is 28.6 Å². The zero-order valence-corrected chi connectivity index (χ0v) is 16.1. The molecule has 4 fully saturated rings. The maximum atomic E-state index is 16.8. The van der Waals surface area contributed by atoms with Crippen LogP contribution in [0.3, 0.4) is 0 Å². The molecular formula is C21H31FO4. The molecule has 26 heavy (non-hydrogen) atoms. The standard InChI is InChI=1S/C21H31FO4/c1-12(23)20(26)9-7-15-16-5-4-13-10-14(24)6-8-18(13,2)21(16,22)17(25)11-19(15,20)3/h13,15-17,25-26H,4-11H2,1-3H3/t13?,15-,16-,17?,18-,19-,20-,21-/m0/s1. The minimum atomic E-state index is -1.75. The van der Waals surface area contributed by atoms with Gasteiger partial charge in [-0.3, -0.25) is 9.59 Å². The van der Waals surface area contributed by atoms with Crippen LogP contribution in [-0.4, -0.2) is 39.2 Å². The van der Waals surface area contributed by atoms with Gasteiger partial charge in [0.2, 0.25) is 0 Å². The molecule has 0 spiro atoms. The molecule has 2 unspecified atom stereocenters. The maximum Gasteiger partial charge on any atom is 0.161 e.